The van der Waals surface area contributed by atoms with Crippen molar-refractivity contribution in [3.05, 3.63) is 71.5 Å². The fraction of sp³-hybridized carbons (Fsp3) is 0.167. The molecule has 8 heteroatoms. The first-order valence-corrected chi connectivity index (χ1v) is 10.2. The highest BCUT2D eigenvalue weighted by Gasteiger charge is 2.14. The maximum atomic E-state index is 13.9. The number of aryl methyl sites for hydroxylation is 1. The largest absolute Gasteiger partial charge is 0.382 e. The summed E-state index contributed by atoms with van der Waals surface area (Å²) in [4.78, 5) is 14.4. The van der Waals surface area contributed by atoms with Crippen LogP contribution in [0.1, 0.15) is 11.1 Å². The normalized spacial score (nSPS) is 11.2. The number of carbonyl (C=O) groups is 1. The van der Waals surface area contributed by atoms with Crippen LogP contribution in [0.25, 0.3) is 22.0 Å². The number of anilines is 3. The van der Waals surface area contributed by atoms with Crippen LogP contribution in [-0.4, -0.2) is 35.2 Å². The molecule has 0 aliphatic heterocycles. The Labute approximate surface area is 185 Å². The molecule has 164 valence electrons. The van der Waals surface area contributed by atoms with Gasteiger partial charge in [0.25, 0.3) is 0 Å². The van der Waals surface area contributed by atoms with E-state index < -0.39 is 11.8 Å². The van der Waals surface area contributed by atoms with Gasteiger partial charge in [-0.25, -0.2) is 9.18 Å². The molecule has 0 aliphatic rings. The van der Waals surface area contributed by atoms with E-state index in [1.54, 1.807) is 24.3 Å². The minimum Gasteiger partial charge on any atom is -0.382 e. The Kier molecular flexibility index (Phi) is 5.79. The molecule has 0 fully saturated rings. The number of fused-ring (bicyclic) bond motifs is 1. The molecule has 2 amide bonds. The number of urea groups is 1. The Bertz CT molecular complexity index is 1280. The highest BCUT2D eigenvalue weighted by molar-refractivity contribution is 6.03. The van der Waals surface area contributed by atoms with Crippen molar-refractivity contribution in [2.75, 3.05) is 30.5 Å². The monoisotopic (exact) mass is 432 g/mol. The molecular formula is C24H25FN6O. The lowest BCUT2D eigenvalue weighted by Gasteiger charge is -2.13. The van der Waals surface area contributed by atoms with Crippen molar-refractivity contribution >= 4 is 34.1 Å². The number of nitrogens with zero attached hydrogens (tertiary/aromatic N) is 2. The number of carbonyl (C=O) groups excluding carboxylic acids is 1. The lowest BCUT2D eigenvalue weighted by atomic mass is 9.98. The van der Waals surface area contributed by atoms with E-state index in [1.807, 2.05) is 39.2 Å². The number of hydrogen-bond donors (Lipinski definition) is 4. The fourth-order valence-corrected chi connectivity index (χ4v) is 3.68. The molecule has 3 aromatic carbocycles. The molecule has 0 radical (unpaired) electrons. The number of H-pyrrole nitrogens is 1. The number of aromatic nitrogens is 2. The van der Waals surface area contributed by atoms with E-state index in [9.17, 15) is 9.18 Å². The first-order chi connectivity index (χ1) is 15.3. The SMILES string of the molecule is Cc1ccc(F)c(NC(=O)Nc2ccc(-c3ccc(CN(C)C)c4[nH]nc(N)c34)cc2)c1. The Morgan fingerprint density at radius 2 is 1.84 bits per heavy atom. The molecule has 1 aromatic heterocycles. The third-order valence-electron chi connectivity index (χ3n) is 5.15. The van der Waals surface area contributed by atoms with Crippen molar-refractivity contribution in [3.63, 3.8) is 0 Å². The van der Waals surface area contributed by atoms with Crippen molar-refractivity contribution in [2.45, 2.75) is 13.5 Å². The molecule has 1 heterocycles. The second kappa shape index (κ2) is 8.68. The van der Waals surface area contributed by atoms with Gasteiger partial charge in [0.15, 0.2) is 5.82 Å². The maximum Gasteiger partial charge on any atom is 0.323 e. The summed E-state index contributed by atoms with van der Waals surface area (Å²) in [6.07, 6.45) is 0. The van der Waals surface area contributed by atoms with E-state index in [2.05, 4.69) is 31.8 Å². The number of nitrogen functional groups attached to an aromatic ring is 1. The van der Waals surface area contributed by atoms with Gasteiger partial charge in [0.05, 0.1) is 16.6 Å². The van der Waals surface area contributed by atoms with Crippen LogP contribution in [0.2, 0.25) is 0 Å². The Morgan fingerprint density at radius 1 is 1.09 bits per heavy atom. The van der Waals surface area contributed by atoms with E-state index in [1.165, 1.54) is 6.07 Å². The third-order valence-corrected chi connectivity index (χ3v) is 5.15. The number of nitrogens with two attached hydrogens (primary N) is 1. The molecule has 4 rings (SSSR count). The summed E-state index contributed by atoms with van der Waals surface area (Å²) in [5, 5.41) is 13.4. The van der Waals surface area contributed by atoms with Gasteiger partial charge in [-0.05, 0) is 67.5 Å². The molecule has 0 atom stereocenters. The highest BCUT2D eigenvalue weighted by atomic mass is 19.1. The van der Waals surface area contributed by atoms with Crippen LogP contribution in [0.15, 0.2) is 54.6 Å². The number of benzene rings is 3. The van der Waals surface area contributed by atoms with Crippen molar-refractivity contribution in [2.24, 2.45) is 0 Å². The topological polar surface area (TPSA) is 99.1 Å². The number of aromatic amines is 1. The van der Waals surface area contributed by atoms with Gasteiger partial charge < -0.3 is 21.3 Å². The predicted molar refractivity (Wildman–Crippen MR) is 127 cm³/mol. The van der Waals surface area contributed by atoms with Gasteiger partial charge in [0.1, 0.15) is 5.82 Å². The summed E-state index contributed by atoms with van der Waals surface area (Å²) >= 11 is 0. The van der Waals surface area contributed by atoms with Crippen LogP contribution in [0.5, 0.6) is 0 Å². The minimum absolute atomic E-state index is 0.134. The van der Waals surface area contributed by atoms with Crippen molar-refractivity contribution in [1.29, 1.82) is 0 Å². The van der Waals surface area contributed by atoms with Gasteiger partial charge >= 0.3 is 6.03 Å². The van der Waals surface area contributed by atoms with Crippen LogP contribution >= 0.6 is 0 Å². The first-order valence-electron chi connectivity index (χ1n) is 10.2. The zero-order chi connectivity index (χ0) is 22.8. The Hall–Kier alpha value is -3.91. The molecule has 32 heavy (non-hydrogen) atoms. The van der Waals surface area contributed by atoms with E-state index in [0.29, 0.717) is 11.5 Å². The van der Waals surface area contributed by atoms with Crippen LogP contribution in [0.4, 0.5) is 26.4 Å². The van der Waals surface area contributed by atoms with Gasteiger partial charge in [0, 0.05) is 12.2 Å². The average Bonchev–Trinajstić information content (AvgIpc) is 3.14. The van der Waals surface area contributed by atoms with Crippen molar-refractivity contribution in [1.82, 2.24) is 15.1 Å². The minimum atomic E-state index is -0.517. The quantitative estimate of drug-likeness (QED) is 0.358. The second-order valence-electron chi connectivity index (χ2n) is 8.01. The van der Waals surface area contributed by atoms with Crippen LogP contribution in [0, 0.1) is 12.7 Å². The fourth-order valence-electron chi connectivity index (χ4n) is 3.68. The molecule has 0 spiro atoms. The molecule has 7 nitrogen and oxygen atoms in total. The molecule has 0 saturated carbocycles. The summed E-state index contributed by atoms with van der Waals surface area (Å²) in [5.74, 6) is -0.0436. The van der Waals surface area contributed by atoms with E-state index in [0.717, 1.165) is 39.7 Å². The maximum absolute atomic E-state index is 13.9. The average molecular weight is 433 g/mol. The number of amides is 2. The number of nitrogens with one attached hydrogen (secondary N) is 3. The number of hydrogen-bond acceptors (Lipinski definition) is 4. The molecule has 0 unspecified atom stereocenters. The Balaban J connectivity index is 1.55. The van der Waals surface area contributed by atoms with E-state index >= 15 is 0 Å². The zero-order valence-corrected chi connectivity index (χ0v) is 18.2. The number of rotatable bonds is 5. The van der Waals surface area contributed by atoms with Crippen molar-refractivity contribution in [3.8, 4) is 11.1 Å². The molecule has 0 aliphatic carbocycles. The van der Waals surface area contributed by atoms with Crippen LogP contribution in [-0.2, 0) is 6.54 Å². The van der Waals surface area contributed by atoms with Gasteiger partial charge in [-0.3, -0.25) is 5.10 Å². The summed E-state index contributed by atoms with van der Waals surface area (Å²) < 4.78 is 13.9. The van der Waals surface area contributed by atoms with Gasteiger partial charge in [-0.1, -0.05) is 30.3 Å². The molecule has 4 aromatic rings. The second-order valence-corrected chi connectivity index (χ2v) is 8.01. The molecule has 0 bridgehead atoms. The summed E-state index contributed by atoms with van der Waals surface area (Å²) in [7, 11) is 4.02. The Morgan fingerprint density at radius 3 is 2.56 bits per heavy atom. The summed E-state index contributed by atoms with van der Waals surface area (Å²) in [6, 6.07) is 15.5. The number of halogens is 1. The molecule has 5 N–H and O–H groups in total. The highest BCUT2D eigenvalue weighted by Crippen LogP contribution is 2.34. The zero-order valence-electron chi connectivity index (χ0n) is 18.2. The van der Waals surface area contributed by atoms with Gasteiger partial charge in [0.2, 0.25) is 0 Å². The molecular weight excluding hydrogens is 407 g/mol. The standard InChI is InChI=1S/C24H25FN6O/c1-14-4-11-19(25)20(12-14)28-24(32)27-17-8-5-15(6-9-17)18-10-7-16(13-31(2)3)22-21(18)23(26)30-29-22/h4-12H,13H2,1-3H3,(H3,26,29,30)(H2,27,28,32). The third kappa shape index (κ3) is 4.40. The smallest absolute Gasteiger partial charge is 0.323 e. The van der Waals surface area contributed by atoms with Gasteiger partial charge in [-0.15, -0.1) is 0 Å². The lowest BCUT2D eigenvalue weighted by molar-refractivity contribution is 0.262. The summed E-state index contributed by atoms with van der Waals surface area (Å²) in [6.45, 7) is 2.59. The van der Waals surface area contributed by atoms with E-state index in [4.69, 9.17) is 5.73 Å². The molecule has 0 saturated heterocycles. The van der Waals surface area contributed by atoms with Crippen molar-refractivity contribution < 1.29 is 9.18 Å². The van der Waals surface area contributed by atoms with E-state index in [-0.39, 0.29) is 5.69 Å². The van der Waals surface area contributed by atoms with Crippen LogP contribution < -0.4 is 16.4 Å². The predicted octanol–water partition coefficient (Wildman–Crippen LogP) is 4.97. The summed E-state index contributed by atoms with van der Waals surface area (Å²) in [5.41, 5.74) is 11.6. The van der Waals surface area contributed by atoms with Gasteiger partial charge in [-0.2, -0.15) is 5.10 Å². The first kappa shape index (κ1) is 21.3. The van der Waals surface area contributed by atoms with Crippen LogP contribution in [0.3, 0.4) is 0 Å². The lowest BCUT2D eigenvalue weighted by Crippen LogP contribution is -2.20.